The molecular formula is C42H32N2S. The normalized spacial score (nSPS) is 19.4. The van der Waals surface area contributed by atoms with Crippen molar-refractivity contribution in [1.29, 1.82) is 5.26 Å². The molecule has 2 unspecified atom stereocenters. The number of nitrogens with zero attached hydrogens (tertiary/aromatic N) is 2. The van der Waals surface area contributed by atoms with Crippen LogP contribution in [0.25, 0.3) is 42.4 Å². The highest BCUT2D eigenvalue weighted by atomic mass is 32.1. The molecule has 6 aromatic rings. The van der Waals surface area contributed by atoms with Crippen molar-refractivity contribution in [2.45, 2.75) is 44.6 Å². The molecule has 0 N–H and O–H groups in total. The number of nitriles is 1. The van der Waals surface area contributed by atoms with Crippen LogP contribution in [0.3, 0.4) is 0 Å². The first-order valence-corrected chi connectivity index (χ1v) is 16.3. The predicted molar refractivity (Wildman–Crippen MR) is 190 cm³/mol. The summed E-state index contributed by atoms with van der Waals surface area (Å²) in [5.41, 5.74) is 10.9. The maximum absolute atomic E-state index is 10.1. The number of thiophene rings is 1. The molecule has 0 amide bonds. The minimum Gasteiger partial charge on any atom is -0.332 e. The van der Waals surface area contributed by atoms with Crippen LogP contribution >= 0.6 is 11.3 Å². The number of hydrogen-bond acceptors (Lipinski definition) is 3. The van der Waals surface area contributed by atoms with Crippen molar-refractivity contribution in [2.75, 3.05) is 4.90 Å². The molecule has 0 radical (unpaired) electrons. The van der Waals surface area contributed by atoms with Gasteiger partial charge in [0.25, 0.3) is 0 Å². The molecule has 2 heterocycles. The largest absolute Gasteiger partial charge is 0.332 e. The van der Waals surface area contributed by atoms with Crippen LogP contribution in [0.15, 0.2) is 109 Å². The van der Waals surface area contributed by atoms with Crippen LogP contribution in [0.2, 0.25) is 0 Å². The van der Waals surface area contributed by atoms with Crippen LogP contribution in [-0.2, 0) is 10.8 Å². The van der Waals surface area contributed by atoms with Crippen molar-refractivity contribution < 1.29 is 0 Å². The van der Waals surface area contributed by atoms with Crippen LogP contribution in [0.1, 0.15) is 49.9 Å². The summed E-state index contributed by atoms with van der Waals surface area (Å²) in [7, 11) is 0. The molecule has 2 aliphatic rings. The average Bonchev–Trinajstić information content (AvgIpc) is 3.64. The standard InChI is InChI=1S/C42H32N2S/c1-6-13-39-42(5,7-2)33-17-10-11-18-35(33)44(39)36-22-26(25-43)20-21-28(36)29-15-12-19-37-40(29)31-23-30-27-14-8-9-16-32(27)41(3,4)34(30)24-38(31)45-37/h2,6,8-24,39H,1,3-5H3/b13-6-. The topological polar surface area (TPSA) is 27.0 Å². The van der Waals surface area contributed by atoms with Crippen LogP contribution in [0, 0.1) is 23.7 Å². The second kappa shape index (κ2) is 9.70. The first kappa shape index (κ1) is 27.5. The fourth-order valence-electron chi connectivity index (χ4n) is 7.87. The zero-order valence-electron chi connectivity index (χ0n) is 25.8. The van der Waals surface area contributed by atoms with Gasteiger partial charge in [0.2, 0.25) is 0 Å². The molecule has 0 fully saturated rings. The molecule has 5 aromatic carbocycles. The molecule has 216 valence electrons. The number of hydrogen-bond donors (Lipinski definition) is 0. The summed E-state index contributed by atoms with van der Waals surface area (Å²) in [4.78, 5) is 2.36. The Balaban J connectivity index is 1.42. The van der Waals surface area contributed by atoms with Gasteiger partial charge >= 0.3 is 0 Å². The lowest BCUT2D eigenvalue weighted by molar-refractivity contribution is 0.577. The minimum absolute atomic E-state index is 0.0476. The van der Waals surface area contributed by atoms with Crippen molar-refractivity contribution in [3.8, 4) is 40.7 Å². The molecule has 1 aliphatic carbocycles. The maximum atomic E-state index is 10.1. The molecule has 0 bridgehead atoms. The van der Waals surface area contributed by atoms with Crippen LogP contribution in [-0.4, -0.2) is 6.04 Å². The Morgan fingerprint density at radius 1 is 0.756 bits per heavy atom. The Kier molecular flexibility index (Phi) is 5.92. The Bertz CT molecular complexity index is 2320. The van der Waals surface area contributed by atoms with E-state index in [0.717, 1.165) is 28.1 Å². The fourth-order valence-corrected chi connectivity index (χ4v) is 9.02. The van der Waals surface area contributed by atoms with Crippen molar-refractivity contribution in [3.63, 3.8) is 0 Å². The summed E-state index contributed by atoms with van der Waals surface area (Å²) in [6.07, 6.45) is 10.6. The van der Waals surface area contributed by atoms with E-state index >= 15 is 0 Å². The lowest BCUT2D eigenvalue weighted by Crippen LogP contribution is -2.38. The monoisotopic (exact) mass is 596 g/mol. The first-order chi connectivity index (χ1) is 21.8. The van der Waals surface area contributed by atoms with Gasteiger partial charge in [-0.2, -0.15) is 5.26 Å². The molecule has 3 heteroatoms. The van der Waals surface area contributed by atoms with E-state index in [0.29, 0.717) is 5.56 Å². The van der Waals surface area contributed by atoms with E-state index in [-0.39, 0.29) is 11.5 Å². The summed E-state index contributed by atoms with van der Waals surface area (Å²) in [5.74, 6) is 3.15. The highest BCUT2D eigenvalue weighted by Gasteiger charge is 2.46. The van der Waals surface area contributed by atoms with Gasteiger partial charge in [-0.15, -0.1) is 17.8 Å². The third kappa shape index (κ3) is 3.69. The Hall–Kier alpha value is -5.09. The number of benzene rings is 5. The molecule has 0 saturated heterocycles. The third-order valence-electron chi connectivity index (χ3n) is 10.1. The van der Waals surface area contributed by atoms with Gasteiger partial charge in [0.15, 0.2) is 0 Å². The molecule has 8 rings (SSSR count). The molecule has 0 spiro atoms. The summed E-state index contributed by atoms with van der Waals surface area (Å²) in [6.45, 7) is 8.87. The number of rotatable bonds is 3. The number of terminal acetylenes is 1. The molecule has 0 saturated carbocycles. The molecule has 1 aromatic heterocycles. The second-order valence-corrected chi connectivity index (χ2v) is 14.0. The molecule has 2 atom stereocenters. The van der Waals surface area contributed by atoms with Crippen molar-refractivity contribution in [3.05, 3.63) is 131 Å². The average molecular weight is 597 g/mol. The summed E-state index contributed by atoms with van der Waals surface area (Å²) >= 11 is 1.86. The van der Waals surface area contributed by atoms with Gasteiger partial charge in [-0.05, 0) is 83.6 Å². The Morgan fingerprint density at radius 2 is 1.51 bits per heavy atom. The quantitative estimate of drug-likeness (QED) is 0.150. The van der Waals surface area contributed by atoms with Gasteiger partial charge in [-0.25, -0.2) is 0 Å². The highest BCUT2D eigenvalue weighted by molar-refractivity contribution is 7.26. The Labute approximate surface area is 268 Å². The lowest BCUT2D eigenvalue weighted by Gasteiger charge is -2.33. The SMILES string of the molecule is C#CC1(C)c2ccccc2N(c2cc(C#N)ccc2-c2cccc3sc4cc5c(cc4c23)-c2ccccc2C5(C)C)C1/C=C\C. The number of para-hydroxylation sites is 1. The van der Waals surface area contributed by atoms with Gasteiger partial charge in [-0.3, -0.25) is 0 Å². The van der Waals surface area contributed by atoms with Crippen LogP contribution < -0.4 is 4.90 Å². The summed E-state index contributed by atoms with van der Waals surface area (Å²) < 4.78 is 2.55. The molecule has 45 heavy (non-hydrogen) atoms. The zero-order chi connectivity index (χ0) is 31.1. The number of anilines is 2. The van der Waals surface area contributed by atoms with Crippen molar-refractivity contribution in [2.24, 2.45) is 0 Å². The van der Waals surface area contributed by atoms with Gasteiger partial charge < -0.3 is 4.90 Å². The Morgan fingerprint density at radius 3 is 2.29 bits per heavy atom. The number of allylic oxidation sites excluding steroid dienone is 1. The first-order valence-electron chi connectivity index (χ1n) is 15.5. The highest BCUT2D eigenvalue weighted by Crippen LogP contribution is 2.54. The third-order valence-corrected chi connectivity index (χ3v) is 11.3. The van der Waals surface area contributed by atoms with Gasteiger partial charge in [0, 0.05) is 36.8 Å². The van der Waals surface area contributed by atoms with E-state index in [1.54, 1.807) is 0 Å². The van der Waals surface area contributed by atoms with Gasteiger partial charge in [0.1, 0.15) is 0 Å². The van der Waals surface area contributed by atoms with E-state index < -0.39 is 5.41 Å². The van der Waals surface area contributed by atoms with Crippen molar-refractivity contribution in [1.82, 2.24) is 0 Å². The van der Waals surface area contributed by atoms with Gasteiger partial charge in [0.05, 0.1) is 28.8 Å². The van der Waals surface area contributed by atoms with E-state index in [9.17, 15) is 5.26 Å². The van der Waals surface area contributed by atoms with E-state index in [4.69, 9.17) is 6.42 Å². The molecule has 1 aliphatic heterocycles. The smallest absolute Gasteiger partial charge is 0.0992 e. The van der Waals surface area contributed by atoms with E-state index in [1.165, 1.54) is 42.4 Å². The number of fused-ring (bicyclic) bond motifs is 7. The second-order valence-electron chi connectivity index (χ2n) is 12.9. The van der Waals surface area contributed by atoms with Crippen LogP contribution in [0.5, 0.6) is 0 Å². The molecule has 2 nitrogen and oxygen atoms in total. The van der Waals surface area contributed by atoms with Crippen molar-refractivity contribution >= 4 is 42.9 Å². The summed E-state index contributed by atoms with van der Waals surface area (Å²) in [6, 6.07) is 37.1. The van der Waals surface area contributed by atoms with E-state index in [1.807, 2.05) is 30.4 Å². The van der Waals surface area contributed by atoms with Gasteiger partial charge in [-0.1, -0.05) is 92.6 Å². The fraction of sp³-hybridized carbons (Fsp3) is 0.167. The zero-order valence-corrected chi connectivity index (χ0v) is 26.7. The lowest BCUT2D eigenvalue weighted by atomic mass is 9.79. The molecular weight excluding hydrogens is 565 g/mol. The minimum atomic E-state index is -0.537. The van der Waals surface area contributed by atoms with E-state index in [2.05, 4.69) is 135 Å². The summed E-state index contributed by atoms with van der Waals surface area (Å²) in [5, 5.41) is 12.6. The van der Waals surface area contributed by atoms with Crippen LogP contribution in [0.4, 0.5) is 11.4 Å². The predicted octanol–water partition coefficient (Wildman–Crippen LogP) is 10.9. The maximum Gasteiger partial charge on any atom is 0.0992 e.